The Bertz CT molecular complexity index is 189. The van der Waals surface area contributed by atoms with Gasteiger partial charge in [-0.05, 0) is 33.6 Å². The van der Waals surface area contributed by atoms with Gasteiger partial charge in [0.2, 0.25) is 0 Å². The number of hydrogen-bond acceptors (Lipinski definition) is 1. The maximum atomic E-state index is 5.94. The third-order valence-corrected chi connectivity index (χ3v) is 1.74. The molecule has 0 aromatic heterocycles. The summed E-state index contributed by atoms with van der Waals surface area (Å²) in [5, 5.41) is 0. The molecule has 0 amide bonds. The quantitative estimate of drug-likeness (QED) is 0.558. The van der Waals surface area contributed by atoms with E-state index in [1.54, 1.807) is 0 Å². The molecule has 0 saturated heterocycles. The Morgan fingerprint density at radius 3 is 2.14 bits per heavy atom. The Labute approximate surface area is 88.4 Å². The molecule has 0 atom stereocenters. The summed E-state index contributed by atoms with van der Waals surface area (Å²) < 4.78 is 0. The molecule has 0 heterocycles. The highest BCUT2D eigenvalue weighted by Gasteiger charge is 2.12. The van der Waals surface area contributed by atoms with Crippen LogP contribution in [0, 0.1) is 5.92 Å². The Kier molecular flexibility index (Phi) is 4.95. The van der Waals surface area contributed by atoms with Gasteiger partial charge in [0.1, 0.15) is 0 Å². The second-order valence-electron chi connectivity index (χ2n) is 5.07. The van der Waals surface area contributed by atoms with Crippen LogP contribution < -0.4 is 5.73 Å². The predicted molar refractivity (Wildman–Crippen MR) is 63.5 cm³/mol. The molecule has 0 bridgehead atoms. The van der Waals surface area contributed by atoms with E-state index in [1.807, 2.05) is 0 Å². The molecule has 0 saturated carbocycles. The van der Waals surface area contributed by atoms with Crippen LogP contribution in [0.25, 0.3) is 0 Å². The summed E-state index contributed by atoms with van der Waals surface area (Å²) in [6.07, 6.45) is 0. The van der Waals surface area contributed by atoms with E-state index in [0.717, 1.165) is 13.1 Å². The van der Waals surface area contributed by atoms with Crippen LogP contribution in [0.5, 0.6) is 0 Å². The summed E-state index contributed by atoms with van der Waals surface area (Å²) in [5.41, 5.74) is 5.85. The van der Waals surface area contributed by atoms with Crippen molar-refractivity contribution in [3.05, 3.63) is 0 Å². The number of guanidine groups is 1. The zero-order chi connectivity index (χ0) is 11.4. The molecule has 0 aliphatic heterocycles. The Morgan fingerprint density at radius 1 is 1.36 bits per heavy atom. The fraction of sp³-hybridized carbons (Fsp3) is 0.909. The first kappa shape index (κ1) is 13.3. The van der Waals surface area contributed by atoms with Gasteiger partial charge in [-0.15, -0.1) is 0 Å². The van der Waals surface area contributed by atoms with Crippen molar-refractivity contribution in [2.45, 2.75) is 47.1 Å². The van der Waals surface area contributed by atoms with Gasteiger partial charge in [-0.2, -0.15) is 0 Å². The van der Waals surface area contributed by atoms with Crippen molar-refractivity contribution in [3.8, 4) is 0 Å². The number of nitrogens with two attached hydrogens (primary N) is 1. The molecule has 2 N–H and O–H groups in total. The fourth-order valence-electron chi connectivity index (χ4n) is 1.24. The first-order valence-electron chi connectivity index (χ1n) is 5.36. The summed E-state index contributed by atoms with van der Waals surface area (Å²) in [7, 11) is 0. The van der Waals surface area contributed by atoms with E-state index in [4.69, 9.17) is 5.73 Å². The smallest absolute Gasteiger partial charge is 0.191 e. The van der Waals surface area contributed by atoms with Crippen molar-refractivity contribution in [2.24, 2.45) is 16.6 Å². The van der Waals surface area contributed by atoms with Crippen molar-refractivity contribution in [2.75, 3.05) is 13.1 Å². The lowest BCUT2D eigenvalue weighted by atomic mass is 10.1. The van der Waals surface area contributed by atoms with E-state index < -0.39 is 0 Å². The molecule has 0 unspecified atom stereocenters. The molecule has 0 aromatic rings. The largest absolute Gasteiger partial charge is 0.370 e. The van der Waals surface area contributed by atoms with Crippen LogP contribution in [0.4, 0.5) is 0 Å². The van der Waals surface area contributed by atoms with Crippen molar-refractivity contribution < 1.29 is 0 Å². The summed E-state index contributed by atoms with van der Waals surface area (Å²) >= 11 is 0. The number of aliphatic imine (C=N–C) groups is 1. The fourth-order valence-corrected chi connectivity index (χ4v) is 1.24. The van der Waals surface area contributed by atoms with Crippen molar-refractivity contribution in [3.63, 3.8) is 0 Å². The standard InChI is InChI=1S/C11H25N3/c1-7-14(8-9(2)3)10(12)13-11(4,5)6/h9H,7-8H2,1-6H3,(H2,12,13). The second-order valence-corrected chi connectivity index (χ2v) is 5.07. The molecule has 0 aromatic carbocycles. The Morgan fingerprint density at radius 2 is 1.86 bits per heavy atom. The number of hydrogen-bond donors (Lipinski definition) is 1. The Hall–Kier alpha value is -0.730. The third kappa shape index (κ3) is 5.84. The summed E-state index contributed by atoms with van der Waals surface area (Å²) in [6, 6.07) is 0. The summed E-state index contributed by atoms with van der Waals surface area (Å²) in [4.78, 5) is 6.57. The van der Waals surface area contributed by atoms with E-state index in [2.05, 4.69) is 51.4 Å². The topological polar surface area (TPSA) is 41.6 Å². The molecular formula is C11H25N3. The zero-order valence-electron chi connectivity index (χ0n) is 10.5. The second kappa shape index (κ2) is 5.23. The number of rotatable bonds is 3. The average molecular weight is 199 g/mol. The minimum absolute atomic E-state index is 0.0888. The molecule has 0 radical (unpaired) electrons. The molecule has 0 aliphatic carbocycles. The van der Waals surface area contributed by atoms with Gasteiger partial charge in [0.05, 0.1) is 5.54 Å². The molecule has 0 aliphatic rings. The minimum atomic E-state index is -0.0888. The lowest BCUT2D eigenvalue weighted by Gasteiger charge is -2.26. The number of nitrogens with zero attached hydrogens (tertiary/aromatic N) is 2. The highest BCUT2D eigenvalue weighted by atomic mass is 15.3. The Balaban J connectivity index is 4.45. The maximum Gasteiger partial charge on any atom is 0.191 e. The SMILES string of the molecule is CCN(CC(C)C)C(N)=NC(C)(C)C. The van der Waals surface area contributed by atoms with Gasteiger partial charge in [0.15, 0.2) is 5.96 Å². The van der Waals surface area contributed by atoms with Crippen LogP contribution in [0.15, 0.2) is 4.99 Å². The van der Waals surface area contributed by atoms with E-state index >= 15 is 0 Å². The molecule has 3 heteroatoms. The molecule has 0 rings (SSSR count). The van der Waals surface area contributed by atoms with Crippen LogP contribution in [0.1, 0.15) is 41.5 Å². The third-order valence-electron chi connectivity index (χ3n) is 1.74. The molecule has 0 fully saturated rings. The average Bonchev–Trinajstić information content (AvgIpc) is 1.96. The lowest BCUT2D eigenvalue weighted by molar-refractivity contribution is 0.371. The highest BCUT2D eigenvalue weighted by molar-refractivity contribution is 5.78. The van der Waals surface area contributed by atoms with Gasteiger partial charge >= 0.3 is 0 Å². The predicted octanol–water partition coefficient (Wildman–Crippen LogP) is 2.08. The van der Waals surface area contributed by atoms with Crippen LogP contribution in [0.2, 0.25) is 0 Å². The minimum Gasteiger partial charge on any atom is -0.370 e. The van der Waals surface area contributed by atoms with Gasteiger partial charge in [0.25, 0.3) is 0 Å². The lowest BCUT2D eigenvalue weighted by Crippen LogP contribution is -2.41. The molecular weight excluding hydrogens is 174 g/mol. The molecule has 14 heavy (non-hydrogen) atoms. The summed E-state index contributed by atoms with van der Waals surface area (Å²) in [6.45, 7) is 14.5. The van der Waals surface area contributed by atoms with E-state index in [0.29, 0.717) is 11.9 Å². The first-order chi connectivity index (χ1) is 6.26. The van der Waals surface area contributed by atoms with Gasteiger partial charge in [-0.1, -0.05) is 13.8 Å². The van der Waals surface area contributed by atoms with Crippen LogP contribution >= 0.6 is 0 Å². The molecule has 3 nitrogen and oxygen atoms in total. The monoisotopic (exact) mass is 199 g/mol. The van der Waals surface area contributed by atoms with Crippen molar-refractivity contribution in [1.29, 1.82) is 0 Å². The van der Waals surface area contributed by atoms with E-state index in [9.17, 15) is 0 Å². The van der Waals surface area contributed by atoms with Crippen LogP contribution in [-0.2, 0) is 0 Å². The zero-order valence-corrected chi connectivity index (χ0v) is 10.5. The van der Waals surface area contributed by atoms with Gasteiger partial charge in [0, 0.05) is 13.1 Å². The van der Waals surface area contributed by atoms with Crippen molar-refractivity contribution in [1.82, 2.24) is 4.90 Å². The van der Waals surface area contributed by atoms with Gasteiger partial charge in [-0.25, -0.2) is 4.99 Å². The summed E-state index contributed by atoms with van der Waals surface area (Å²) in [5.74, 6) is 1.28. The van der Waals surface area contributed by atoms with E-state index in [-0.39, 0.29) is 5.54 Å². The molecule has 0 spiro atoms. The highest BCUT2D eigenvalue weighted by Crippen LogP contribution is 2.07. The van der Waals surface area contributed by atoms with Crippen LogP contribution in [-0.4, -0.2) is 29.5 Å². The molecule has 84 valence electrons. The maximum absolute atomic E-state index is 5.94. The van der Waals surface area contributed by atoms with Crippen LogP contribution in [0.3, 0.4) is 0 Å². The van der Waals surface area contributed by atoms with Gasteiger partial charge in [-0.3, -0.25) is 0 Å². The normalized spacial score (nSPS) is 13.5. The van der Waals surface area contributed by atoms with Gasteiger partial charge < -0.3 is 10.6 Å². The van der Waals surface area contributed by atoms with E-state index in [1.165, 1.54) is 0 Å². The van der Waals surface area contributed by atoms with Crippen molar-refractivity contribution >= 4 is 5.96 Å². The first-order valence-corrected chi connectivity index (χ1v) is 5.36.